The number of nitrogens with one attached hydrogen (secondary N) is 1. The lowest BCUT2D eigenvalue weighted by Crippen LogP contribution is -2.42. The summed E-state index contributed by atoms with van der Waals surface area (Å²) in [6, 6.07) is 4.42. The monoisotopic (exact) mass is 347 g/mol. The van der Waals surface area contributed by atoms with Gasteiger partial charge in [-0.3, -0.25) is 0 Å². The molecule has 1 fully saturated rings. The van der Waals surface area contributed by atoms with Gasteiger partial charge in [-0.1, -0.05) is 0 Å². The number of benzene rings is 1. The first kappa shape index (κ1) is 17.9. The molecule has 3 N–H and O–H groups in total. The molecule has 138 valence electrons. The van der Waals surface area contributed by atoms with Crippen molar-refractivity contribution in [1.29, 1.82) is 0 Å². The first-order valence-corrected chi connectivity index (χ1v) is 8.94. The molecule has 25 heavy (non-hydrogen) atoms. The van der Waals surface area contributed by atoms with Crippen LogP contribution in [0.15, 0.2) is 12.1 Å². The quantitative estimate of drug-likeness (QED) is 0.822. The highest BCUT2D eigenvalue weighted by molar-refractivity contribution is 5.71. The number of fused-ring (bicyclic) bond motifs is 1. The van der Waals surface area contributed by atoms with Crippen LogP contribution in [0.2, 0.25) is 0 Å². The van der Waals surface area contributed by atoms with Crippen LogP contribution in [0, 0.1) is 0 Å². The highest BCUT2D eigenvalue weighted by Gasteiger charge is 2.31. The molecule has 0 bridgehead atoms. The Balaban J connectivity index is 1.72. The van der Waals surface area contributed by atoms with Crippen molar-refractivity contribution in [1.82, 2.24) is 4.90 Å². The number of nitrogens with zero attached hydrogens (tertiary/aromatic N) is 1. The zero-order valence-corrected chi connectivity index (χ0v) is 15.6. The summed E-state index contributed by atoms with van der Waals surface area (Å²) in [7, 11) is 1.76. The van der Waals surface area contributed by atoms with Crippen molar-refractivity contribution in [2.75, 3.05) is 24.7 Å². The third-order valence-electron chi connectivity index (χ3n) is 4.89. The predicted molar refractivity (Wildman–Crippen MR) is 98.6 cm³/mol. The second-order valence-electron chi connectivity index (χ2n) is 7.98. The van der Waals surface area contributed by atoms with E-state index in [9.17, 15) is 4.79 Å². The van der Waals surface area contributed by atoms with Gasteiger partial charge in [0.2, 0.25) is 0 Å². The Kier molecular flexibility index (Phi) is 4.82. The van der Waals surface area contributed by atoms with Crippen molar-refractivity contribution in [2.24, 2.45) is 0 Å². The van der Waals surface area contributed by atoms with Crippen molar-refractivity contribution in [3.63, 3.8) is 0 Å². The van der Waals surface area contributed by atoms with Crippen LogP contribution in [-0.4, -0.2) is 42.4 Å². The van der Waals surface area contributed by atoms with Crippen LogP contribution in [0.4, 0.5) is 16.2 Å². The van der Waals surface area contributed by atoms with Crippen LogP contribution in [0.3, 0.4) is 0 Å². The molecule has 1 aromatic rings. The number of ether oxygens (including phenoxy) is 2. The van der Waals surface area contributed by atoms with Gasteiger partial charge in [-0.2, -0.15) is 0 Å². The smallest absolute Gasteiger partial charge is 0.410 e. The van der Waals surface area contributed by atoms with Crippen LogP contribution in [-0.2, 0) is 22.4 Å². The zero-order chi connectivity index (χ0) is 18.2. The van der Waals surface area contributed by atoms with Crippen molar-refractivity contribution in [2.45, 2.75) is 64.3 Å². The number of hydrogen-bond acceptors (Lipinski definition) is 5. The molecule has 0 spiro atoms. The van der Waals surface area contributed by atoms with Gasteiger partial charge in [0.05, 0.1) is 12.6 Å². The highest BCUT2D eigenvalue weighted by Crippen LogP contribution is 2.34. The maximum Gasteiger partial charge on any atom is 0.410 e. The molecule has 1 aromatic carbocycles. The molecule has 3 rings (SSSR count). The molecule has 6 nitrogen and oxygen atoms in total. The van der Waals surface area contributed by atoms with Gasteiger partial charge < -0.3 is 25.4 Å². The van der Waals surface area contributed by atoms with Gasteiger partial charge in [-0.15, -0.1) is 0 Å². The number of carbonyl (C=O) groups excluding carboxylic acids is 1. The second kappa shape index (κ2) is 6.75. The molecule has 0 atom stereocenters. The van der Waals surface area contributed by atoms with E-state index in [0.717, 1.165) is 36.2 Å². The molecule has 1 saturated carbocycles. The van der Waals surface area contributed by atoms with Gasteiger partial charge in [-0.25, -0.2) is 4.79 Å². The van der Waals surface area contributed by atoms with Crippen LogP contribution < -0.4 is 11.1 Å². The average Bonchev–Trinajstić information content (AvgIpc) is 2.50. The summed E-state index contributed by atoms with van der Waals surface area (Å²) >= 11 is 0. The Morgan fingerprint density at radius 2 is 2.00 bits per heavy atom. The first-order valence-electron chi connectivity index (χ1n) is 8.94. The SMILES string of the molecule is COC1CC(Nc2ccc(N)c3c2CCN(C(=O)OC(C)(C)C)C3)C1. The number of amides is 1. The lowest BCUT2D eigenvalue weighted by atomic mass is 9.88. The molecule has 1 aliphatic heterocycles. The largest absolute Gasteiger partial charge is 0.444 e. The normalized spacial score (nSPS) is 22.8. The van der Waals surface area contributed by atoms with Gasteiger partial charge in [-0.05, 0) is 63.3 Å². The molecule has 0 saturated heterocycles. The molecular weight excluding hydrogens is 318 g/mol. The van der Waals surface area contributed by atoms with Crippen molar-refractivity contribution in [3.8, 4) is 0 Å². The van der Waals surface area contributed by atoms with E-state index in [4.69, 9.17) is 15.2 Å². The van der Waals surface area contributed by atoms with Gasteiger partial charge in [0.15, 0.2) is 0 Å². The Hall–Kier alpha value is -1.95. The fourth-order valence-corrected chi connectivity index (χ4v) is 3.41. The number of nitrogens with two attached hydrogens (primary N) is 1. The zero-order valence-electron chi connectivity index (χ0n) is 15.6. The van der Waals surface area contributed by atoms with E-state index in [1.165, 1.54) is 5.56 Å². The average molecular weight is 347 g/mol. The number of anilines is 2. The van der Waals surface area contributed by atoms with Gasteiger partial charge >= 0.3 is 6.09 Å². The van der Waals surface area contributed by atoms with Crippen LogP contribution >= 0.6 is 0 Å². The summed E-state index contributed by atoms with van der Waals surface area (Å²) in [5, 5.41) is 3.61. The van der Waals surface area contributed by atoms with Crippen LogP contribution in [0.1, 0.15) is 44.7 Å². The highest BCUT2D eigenvalue weighted by atomic mass is 16.6. The van der Waals surface area contributed by atoms with E-state index in [-0.39, 0.29) is 6.09 Å². The van der Waals surface area contributed by atoms with Crippen molar-refractivity contribution < 1.29 is 14.3 Å². The maximum absolute atomic E-state index is 12.4. The van der Waals surface area contributed by atoms with E-state index in [1.54, 1.807) is 12.0 Å². The maximum atomic E-state index is 12.4. The van der Waals surface area contributed by atoms with Crippen LogP contribution in [0.25, 0.3) is 0 Å². The third kappa shape index (κ3) is 4.00. The number of hydrogen-bond donors (Lipinski definition) is 2. The summed E-state index contributed by atoms with van der Waals surface area (Å²) in [5.74, 6) is 0. The molecular formula is C19H29N3O3. The molecule has 6 heteroatoms. The van der Waals surface area contributed by atoms with E-state index < -0.39 is 5.60 Å². The molecule has 0 aromatic heterocycles. The van der Waals surface area contributed by atoms with E-state index in [1.807, 2.05) is 26.8 Å². The number of methoxy groups -OCH3 is 1. The topological polar surface area (TPSA) is 76.8 Å². The summed E-state index contributed by atoms with van der Waals surface area (Å²) in [6.07, 6.45) is 2.92. The number of nitrogen functional groups attached to an aromatic ring is 1. The first-order chi connectivity index (χ1) is 11.8. The Morgan fingerprint density at radius 3 is 2.64 bits per heavy atom. The van der Waals surface area contributed by atoms with Crippen molar-refractivity contribution >= 4 is 17.5 Å². The molecule has 1 amide bonds. The second-order valence-corrected chi connectivity index (χ2v) is 7.98. The minimum atomic E-state index is -0.492. The molecule has 1 aliphatic carbocycles. The lowest BCUT2D eigenvalue weighted by molar-refractivity contribution is 0.0224. The van der Waals surface area contributed by atoms with Crippen molar-refractivity contribution in [3.05, 3.63) is 23.3 Å². The standard InChI is InChI=1S/C19H29N3O3/c1-19(2,3)25-18(23)22-8-7-14-15(11-22)16(20)5-6-17(14)21-12-9-13(10-12)24-4/h5-6,12-13,21H,7-11,20H2,1-4H3. The van der Waals surface area contributed by atoms with Gasteiger partial charge in [0.25, 0.3) is 0 Å². The third-order valence-corrected chi connectivity index (χ3v) is 4.89. The summed E-state index contributed by atoms with van der Waals surface area (Å²) in [6.45, 7) is 6.78. The molecule has 2 aliphatic rings. The summed E-state index contributed by atoms with van der Waals surface area (Å²) < 4.78 is 10.8. The van der Waals surface area contributed by atoms with Gasteiger partial charge in [0.1, 0.15) is 5.60 Å². The van der Waals surface area contributed by atoms with E-state index in [2.05, 4.69) is 11.4 Å². The lowest BCUT2D eigenvalue weighted by Gasteiger charge is -2.37. The van der Waals surface area contributed by atoms with E-state index in [0.29, 0.717) is 25.2 Å². The van der Waals surface area contributed by atoms with Gasteiger partial charge in [0, 0.05) is 31.1 Å². The summed E-state index contributed by atoms with van der Waals surface area (Å²) in [5.41, 5.74) is 9.82. The number of carbonyl (C=O) groups is 1. The Morgan fingerprint density at radius 1 is 1.28 bits per heavy atom. The predicted octanol–water partition coefficient (Wildman–Crippen LogP) is 3.15. The van der Waals surface area contributed by atoms with E-state index >= 15 is 0 Å². The molecule has 1 heterocycles. The Bertz CT molecular complexity index is 648. The Labute approximate surface area is 149 Å². The summed E-state index contributed by atoms with van der Waals surface area (Å²) in [4.78, 5) is 14.1. The fourth-order valence-electron chi connectivity index (χ4n) is 3.41. The minimum Gasteiger partial charge on any atom is -0.444 e. The molecule has 0 unspecified atom stereocenters. The fraction of sp³-hybridized carbons (Fsp3) is 0.632. The van der Waals surface area contributed by atoms with Crippen LogP contribution in [0.5, 0.6) is 0 Å². The minimum absolute atomic E-state index is 0.280. The number of rotatable bonds is 3. The molecule has 0 radical (unpaired) electrons.